The Kier molecular flexibility index (Phi) is 4.02. The number of hydrogen-bond donors (Lipinski definition) is 2. The van der Waals surface area contributed by atoms with E-state index < -0.39 is 0 Å². The largest absolute Gasteiger partial charge is 0.389 e. The van der Waals surface area contributed by atoms with Crippen molar-refractivity contribution in [2.75, 3.05) is 11.1 Å². The SMILES string of the molecule is CCCC(CC)Nc1ncc(N)s1. The summed E-state index contributed by atoms with van der Waals surface area (Å²) >= 11 is 1.51. The predicted octanol–water partition coefficient (Wildman–Crippen LogP) is 2.72. The summed E-state index contributed by atoms with van der Waals surface area (Å²) in [5, 5.41) is 5.09. The molecule has 3 nitrogen and oxygen atoms in total. The smallest absolute Gasteiger partial charge is 0.184 e. The molecule has 0 aliphatic carbocycles. The summed E-state index contributed by atoms with van der Waals surface area (Å²) in [7, 11) is 0. The van der Waals surface area contributed by atoms with E-state index in [1.807, 2.05) is 0 Å². The maximum absolute atomic E-state index is 5.59. The van der Waals surface area contributed by atoms with Crippen molar-refractivity contribution in [3.63, 3.8) is 0 Å². The summed E-state index contributed by atoms with van der Waals surface area (Å²) in [4.78, 5) is 4.17. The maximum atomic E-state index is 5.59. The normalized spacial score (nSPS) is 12.8. The number of aromatic nitrogens is 1. The van der Waals surface area contributed by atoms with E-state index >= 15 is 0 Å². The van der Waals surface area contributed by atoms with E-state index in [9.17, 15) is 0 Å². The Morgan fingerprint density at radius 3 is 2.85 bits per heavy atom. The Morgan fingerprint density at radius 1 is 1.62 bits per heavy atom. The van der Waals surface area contributed by atoms with E-state index in [0.717, 1.165) is 16.6 Å². The maximum Gasteiger partial charge on any atom is 0.184 e. The van der Waals surface area contributed by atoms with Gasteiger partial charge in [-0.25, -0.2) is 4.98 Å². The Bertz CT molecular complexity index is 247. The lowest BCUT2D eigenvalue weighted by Gasteiger charge is -2.14. The first-order valence-corrected chi connectivity index (χ1v) is 5.55. The predicted molar refractivity (Wildman–Crippen MR) is 59.1 cm³/mol. The van der Waals surface area contributed by atoms with Crippen LogP contribution in [-0.4, -0.2) is 11.0 Å². The zero-order valence-electron chi connectivity index (χ0n) is 8.21. The molecule has 13 heavy (non-hydrogen) atoms. The molecule has 1 heterocycles. The van der Waals surface area contributed by atoms with Crippen molar-refractivity contribution in [3.05, 3.63) is 6.20 Å². The van der Waals surface area contributed by atoms with Crippen LogP contribution in [0.25, 0.3) is 0 Å². The second-order valence-electron chi connectivity index (χ2n) is 3.11. The summed E-state index contributed by atoms with van der Waals surface area (Å²) < 4.78 is 0. The Hall–Kier alpha value is -0.770. The minimum Gasteiger partial charge on any atom is -0.389 e. The molecule has 0 spiro atoms. The summed E-state index contributed by atoms with van der Waals surface area (Å²) in [5.41, 5.74) is 5.59. The van der Waals surface area contributed by atoms with Crippen LogP contribution in [0, 0.1) is 0 Å². The van der Waals surface area contributed by atoms with Crippen LogP contribution in [0.5, 0.6) is 0 Å². The van der Waals surface area contributed by atoms with E-state index in [4.69, 9.17) is 5.73 Å². The van der Waals surface area contributed by atoms with Gasteiger partial charge in [-0.1, -0.05) is 31.6 Å². The third-order valence-corrected chi connectivity index (χ3v) is 2.74. The quantitative estimate of drug-likeness (QED) is 0.766. The van der Waals surface area contributed by atoms with Gasteiger partial charge in [0.05, 0.1) is 6.20 Å². The van der Waals surface area contributed by atoms with E-state index in [1.165, 1.54) is 24.2 Å². The van der Waals surface area contributed by atoms with Gasteiger partial charge in [0, 0.05) is 6.04 Å². The van der Waals surface area contributed by atoms with Crippen LogP contribution in [0.2, 0.25) is 0 Å². The number of hydrogen-bond acceptors (Lipinski definition) is 4. The third-order valence-electron chi connectivity index (χ3n) is 1.98. The summed E-state index contributed by atoms with van der Waals surface area (Å²) in [6, 6.07) is 0.538. The minimum absolute atomic E-state index is 0.538. The highest BCUT2D eigenvalue weighted by molar-refractivity contribution is 7.19. The number of rotatable bonds is 5. The van der Waals surface area contributed by atoms with Crippen molar-refractivity contribution in [3.8, 4) is 0 Å². The molecule has 0 saturated carbocycles. The fourth-order valence-electron chi connectivity index (χ4n) is 1.25. The first-order chi connectivity index (χ1) is 6.26. The number of thiazole rings is 1. The molecule has 4 heteroatoms. The lowest BCUT2D eigenvalue weighted by molar-refractivity contribution is 0.622. The van der Waals surface area contributed by atoms with E-state index in [-0.39, 0.29) is 0 Å². The van der Waals surface area contributed by atoms with Crippen LogP contribution in [0.1, 0.15) is 33.1 Å². The van der Waals surface area contributed by atoms with Crippen molar-refractivity contribution < 1.29 is 0 Å². The Morgan fingerprint density at radius 2 is 2.38 bits per heavy atom. The van der Waals surface area contributed by atoms with Gasteiger partial charge in [-0.2, -0.15) is 0 Å². The third kappa shape index (κ3) is 3.22. The molecular weight excluding hydrogens is 182 g/mol. The molecule has 1 aromatic rings. The van der Waals surface area contributed by atoms with Gasteiger partial charge in [-0.05, 0) is 12.8 Å². The average Bonchev–Trinajstić information content (AvgIpc) is 2.50. The Labute approximate surface area is 83.4 Å². The highest BCUT2D eigenvalue weighted by Crippen LogP contribution is 2.21. The van der Waals surface area contributed by atoms with Gasteiger partial charge in [-0.15, -0.1) is 0 Å². The Balaban J connectivity index is 2.46. The lowest BCUT2D eigenvalue weighted by Crippen LogP contribution is -2.17. The molecule has 0 bridgehead atoms. The van der Waals surface area contributed by atoms with Gasteiger partial charge in [-0.3, -0.25) is 0 Å². The van der Waals surface area contributed by atoms with E-state index in [0.29, 0.717) is 6.04 Å². The molecule has 0 aliphatic heterocycles. The molecule has 1 rings (SSSR count). The molecule has 1 atom stereocenters. The van der Waals surface area contributed by atoms with Gasteiger partial charge in [0.15, 0.2) is 5.13 Å². The number of anilines is 2. The molecule has 3 N–H and O–H groups in total. The van der Waals surface area contributed by atoms with Crippen LogP contribution in [-0.2, 0) is 0 Å². The molecule has 0 radical (unpaired) electrons. The number of nitrogens with two attached hydrogens (primary N) is 1. The lowest BCUT2D eigenvalue weighted by atomic mass is 10.1. The van der Waals surface area contributed by atoms with Gasteiger partial charge in [0.1, 0.15) is 5.00 Å². The highest BCUT2D eigenvalue weighted by atomic mass is 32.1. The molecular formula is C9H17N3S. The van der Waals surface area contributed by atoms with Crippen molar-refractivity contribution >= 4 is 21.5 Å². The van der Waals surface area contributed by atoms with E-state index in [1.54, 1.807) is 6.20 Å². The van der Waals surface area contributed by atoms with Gasteiger partial charge in [0.2, 0.25) is 0 Å². The fraction of sp³-hybridized carbons (Fsp3) is 0.667. The molecule has 0 aliphatic rings. The monoisotopic (exact) mass is 199 g/mol. The minimum atomic E-state index is 0.538. The second-order valence-corrected chi connectivity index (χ2v) is 4.17. The molecule has 0 fully saturated rings. The number of nitrogen functional groups attached to an aromatic ring is 1. The van der Waals surface area contributed by atoms with Crippen molar-refractivity contribution in [1.29, 1.82) is 0 Å². The van der Waals surface area contributed by atoms with E-state index in [2.05, 4.69) is 24.1 Å². The van der Waals surface area contributed by atoms with Crippen LogP contribution >= 0.6 is 11.3 Å². The summed E-state index contributed by atoms with van der Waals surface area (Å²) in [5.74, 6) is 0. The standard InChI is InChI=1S/C9H17N3S/c1-3-5-7(4-2)12-9-11-6-8(10)13-9/h6-7H,3-5,10H2,1-2H3,(H,11,12). The molecule has 74 valence electrons. The number of nitrogens with zero attached hydrogens (tertiary/aromatic N) is 1. The first-order valence-electron chi connectivity index (χ1n) is 4.74. The van der Waals surface area contributed by atoms with Gasteiger partial charge < -0.3 is 11.1 Å². The van der Waals surface area contributed by atoms with Crippen molar-refractivity contribution in [2.24, 2.45) is 0 Å². The summed E-state index contributed by atoms with van der Waals surface area (Å²) in [6.07, 6.45) is 5.22. The zero-order chi connectivity index (χ0) is 9.68. The fourth-order valence-corrected chi connectivity index (χ4v) is 1.91. The molecule has 0 amide bonds. The molecule has 0 saturated heterocycles. The van der Waals surface area contributed by atoms with Crippen molar-refractivity contribution in [1.82, 2.24) is 4.98 Å². The van der Waals surface area contributed by atoms with Crippen molar-refractivity contribution in [2.45, 2.75) is 39.2 Å². The van der Waals surface area contributed by atoms with Crippen LogP contribution < -0.4 is 11.1 Å². The van der Waals surface area contributed by atoms with Crippen LogP contribution in [0.4, 0.5) is 10.1 Å². The number of nitrogens with one attached hydrogen (secondary N) is 1. The molecule has 0 aromatic carbocycles. The summed E-state index contributed by atoms with van der Waals surface area (Å²) in [6.45, 7) is 4.38. The average molecular weight is 199 g/mol. The first kappa shape index (κ1) is 10.3. The van der Waals surface area contributed by atoms with Crippen LogP contribution in [0.15, 0.2) is 6.20 Å². The molecule has 1 aromatic heterocycles. The van der Waals surface area contributed by atoms with Gasteiger partial charge >= 0.3 is 0 Å². The molecule has 1 unspecified atom stereocenters. The van der Waals surface area contributed by atoms with Gasteiger partial charge in [0.25, 0.3) is 0 Å². The second kappa shape index (κ2) is 5.07. The highest BCUT2D eigenvalue weighted by Gasteiger charge is 2.06. The topological polar surface area (TPSA) is 50.9 Å². The van der Waals surface area contributed by atoms with Crippen LogP contribution in [0.3, 0.4) is 0 Å². The zero-order valence-corrected chi connectivity index (χ0v) is 9.03.